The van der Waals surface area contributed by atoms with Crippen LogP contribution < -0.4 is 10.5 Å². The van der Waals surface area contributed by atoms with Crippen molar-refractivity contribution in [2.45, 2.75) is 13.1 Å². The molecule has 0 unspecified atom stereocenters. The summed E-state index contributed by atoms with van der Waals surface area (Å²) in [5.74, 6) is -1.56. The van der Waals surface area contributed by atoms with E-state index in [1.165, 1.54) is 6.07 Å². The topological polar surface area (TPSA) is 66.0 Å². The minimum Gasteiger partial charge on any atom is -0.492 e. The molecular weight excluding hydrogens is 242 g/mol. The van der Waals surface area contributed by atoms with Crippen LogP contribution in [0.25, 0.3) is 0 Å². The van der Waals surface area contributed by atoms with E-state index in [-0.39, 0.29) is 12.4 Å². The van der Waals surface area contributed by atoms with Crippen molar-refractivity contribution in [1.82, 2.24) is 15.0 Å². The molecule has 0 aliphatic heterocycles. The van der Waals surface area contributed by atoms with Crippen molar-refractivity contribution in [3.05, 3.63) is 41.7 Å². The summed E-state index contributed by atoms with van der Waals surface area (Å²) in [4.78, 5) is 0. The van der Waals surface area contributed by atoms with E-state index in [9.17, 15) is 8.78 Å². The second-order valence-corrected chi connectivity index (χ2v) is 3.60. The van der Waals surface area contributed by atoms with Gasteiger partial charge < -0.3 is 10.5 Å². The van der Waals surface area contributed by atoms with Crippen LogP contribution in [0.3, 0.4) is 0 Å². The molecule has 2 aromatic rings. The molecule has 0 fully saturated rings. The van der Waals surface area contributed by atoms with E-state index in [1.54, 1.807) is 10.9 Å². The Hall–Kier alpha value is -2.02. The smallest absolute Gasteiger partial charge is 0.162 e. The lowest BCUT2D eigenvalue weighted by Gasteiger charge is -2.05. The average Bonchev–Trinajstić information content (AvgIpc) is 2.82. The quantitative estimate of drug-likeness (QED) is 0.867. The zero-order valence-corrected chi connectivity index (χ0v) is 9.51. The van der Waals surface area contributed by atoms with Crippen LogP contribution in [-0.2, 0) is 13.1 Å². The van der Waals surface area contributed by atoms with Gasteiger partial charge >= 0.3 is 0 Å². The molecule has 0 spiro atoms. The van der Waals surface area contributed by atoms with Crippen molar-refractivity contribution < 1.29 is 13.5 Å². The third-order valence-corrected chi connectivity index (χ3v) is 2.28. The van der Waals surface area contributed by atoms with Crippen LogP contribution in [-0.4, -0.2) is 21.6 Å². The monoisotopic (exact) mass is 254 g/mol. The molecule has 1 aromatic carbocycles. The van der Waals surface area contributed by atoms with Crippen LogP contribution in [0.2, 0.25) is 0 Å². The van der Waals surface area contributed by atoms with Gasteiger partial charge in [-0.05, 0) is 12.1 Å². The molecule has 0 aliphatic rings. The van der Waals surface area contributed by atoms with Crippen LogP contribution in [0.4, 0.5) is 8.78 Å². The van der Waals surface area contributed by atoms with E-state index in [2.05, 4.69) is 10.3 Å². The van der Waals surface area contributed by atoms with E-state index >= 15 is 0 Å². The van der Waals surface area contributed by atoms with Crippen molar-refractivity contribution in [2.24, 2.45) is 5.73 Å². The van der Waals surface area contributed by atoms with E-state index in [0.29, 0.717) is 18.8 Å². The van der Waals surface area contributed by atoms with Gasteiger partial charge in [0, 0.05) is 18.8 Å². The first-order valence-electron chi connectivity index (χ1n) is 5.36. The molecule has 1 heterocycles. The molecule has 0 radical (unpaired) electrons. The lowest BCUT2D eigenvalue weighted by Crippen LogP contribution is -2.09. The van der Waals surface area contributed by atoms with Crippen LogP contribution in [0.5, 0.6) is 5.75 Å². The standard InChI is InChI=1S/C11H12F2N4O/c12-10-2-1-9(5-11(10)13)18-4-3-17-7-8(6-14)15-16-17/h1-2,5,7H,3-4,6,14H2. The van der Waals surface area contributed by atoms with Crippen molar-refractivity contribution in [2.75, 3.05) is 6.61 Å². The Labute approximate surface area is 102 Å². The van der Waals surface area contributed by atoms with Gasteiger partial charge in [-0.15, -0.1) is 5.10 Å². The first-order valence-corrected chi connectivity index (χ1v) is 5.36. The third kappa shape index (κ3) is 3.01. The predicted molar refractivity (Wildman–Crippen MR) is 59.8 cm³/mol. The highest BCUT2D eigenvalue weighted by Crippen LogP contribution is 2.15. The Balaban J connectivity index is 1.86. The predicted octanol–water partition coefficient (Wildman–Crippen LogP) is 1.09. The molecule has 2 rings (SSSR count). The summed E-state index contributed by atoms with van der Waals surface area (Å²) < 4.78 is 32.4. The molecule has 0 amide bonds. The zero-order valence-electron chi connectivity index (χ0n) is 9.51. The van der Waals surface area contributed by atoms with Crippen molar-refractivity contribution >= 4 is 0 Å². The average molecular weight is 254 g/mol. The van der Waals surface area contributed by atoms with E-state index in [4.69, 9.17) is 10.5 Å². The molecule has 18 heavy (non-hydrogen) atoms. The minimum atomic E-state index is -0.932. The zero-order chi connectivity index (χ0) is 13.0. The summed E-state index contributed by atoms with van der Waals surface area (Å²) in [6.45, 7) is 1.05. The fraction of sp³-hybridized carbons (Fsp3) is 0.273. The van der Waals surface area contributed by atoms with Gasteiger partial charge in [0.1, 0.15) is 12.4 Å². The normalized spacial score (nSPS) is 10.6. The number of rotatable bonds is 5. The molecule has 5 nitrogen and oxygen atoms in total. The molecule has 1 aromatic heterocycles. The van der Waals surface area contributed by atoms with Gasteiger partial charge in [0.25, 0.3) is 0 Å². The largest absolute Gasteiger partial charge is 0.492 e. The summed E-state index contributed by atoms with van der Waals surface area (Å²) >= 11 is 0. The van der Waals surface area contributed by atoms with Gasteiger partial charge in [0.15, 0.2) is 11.6 Å². The highest BCUT2D eigenvalue weighted by atomic mass is 19.2. The van der Waals surface area contributed by atoms with Crippen LogP contribution in [0, 0.1) is 11.6 Å². The highest BCUT2D eigenvalue weighted by Gasteiger charge is 2.03. The van der Waals surface area contributed by atoms with Crippen molar-refractivity contribution in [1.29, 1.82) is 0 Å². The maximum absolute atomic E-state index is 12.9. The fourth-order valence-electron chi connectivity index (χ4n) is 1.37. The Morgan fingerprint density at radius 3 is 2.78 bits per heavy atom. The molecule has 0 saturated heterocycles. The molecule has 2 N–H and O–H groups in total. The van der Waals surface area contributed by atoms with Gasteiger partial charge in [-0.1, -0.05) is 5.21 Å². The van der Waals surface area contributed by atoms with Gasteiger partial charge in [-0.2, -0.15) is 0 Å². The summed E-state index contributed by atoms with van der Waals surface area (Å²) in [5, 5.41) is 7.63. The molecule has 96 valence electrons. The highest BCUT2D eigenvalue weighted by molar-refractivity contribution is 5.23. The van der Waals surface area contributed by atoms with E-state index < -0.39 is 11.6 Å². The van der Waals surface area contributed by atoms with E-state index in [0.717, 1.165) is 12.1 Å². The molecule has 0 atom stereocenters. The van der Waals surface area contributed by atoms with Crippen molar-refractivity contribution in [3.8, 4) is 5.75 Å². The van der Waals surface area contributed by atoms with Crippen LogP contribution >= 0.6 is 0 Å². The number of nitrogens with zero attached hydrogens (tertiary/aromatic N) is 3. The first-order chi connectivity index (χ1) is 8.69. The third-order valence-electron chi connectivity index (χ3n) is 2.28. The minimum absolute atomic E-state index is 0.271. The molecule has 0 saturated carbocycles. The summed E-state index contributed by atoms with van der Waals surface area (Å²) in [5.41, 5.74) is 6.07. The number of nitrogens with two attached hydrogens (primary N) is 1. The molecule has 7 heteroatoms. The molecule has 0 aliphatic carbocycles. The van der Waals surface area contributed by atoms with Gasteiger partial charge in [0.2, 0.25) is 0 Å². The number of aromatic nitrogens is 3. The number of hydrogen-bond donors (Lipinski definition) is 1. The SMILES string of the molecule is NCc1cn(CCOc2ccc(F)c(F)c2)nn1. The summed E-state index contributed by atoms with van der Waals surface area (Å²) in [6.07, 6.45) is 1.70. The van der Waals surface area contributed by atoms with Gasteiger partial charge in [-0.25, -0.2) is 13.5 Å². The first kappa shape index (κ1) is 12.4. The maximum Gasteiger partial charge on any atom is 0.162 e. The molecular formula is C11H12F2N4O. The van der Waals surface area contributed by atoms with Crippen molar-refractivity contribution in [3.63, 3.8) is 0 Å². The Kier molecular flexibility index (Phi) is 3.83. The lowest BCUT2D eigenvalue weighted by atomic mass is 10.3. The van der Waals surface area contributed by atoms with Gasteiger partial charge in [0.05, 0.1) is 12.2 Å². The lowest BCUT2D eigenvalue weighted by molar-refractivity contribution is 0.287. The Morgan fingerprint density at radius 1 is 1.28 bits per heavy atom. The Morgan fingerprint density at radius 2 is 2.11 bits per heavy atom. The van der Waals surface area contributed by atoms with Crippen LogP contribution in [0.1, 0.15) is 5.69 Å². The molecule has 0 bridgehead atoms. The van der Waals surface area contributed by atoms with E-state index in [1.807, 2.05) is 0 Å². The number of benzene rings is 1. The number of halogens is 2. The summed E-state index contributed by atoms with van der Waals surface area (Å²) in [7, 11) is 0. The van der Waals surface area contributed by atoms with Gasteiger partial charge in [-0.3, -0.25) is 0 Å². The number of ether oxygens (including phenoxy) is 1. The fourth-order valence-corrected chi connectivity index (χ4v) is 1.37. The summed E-state index contributed by atoms with van der Waals surface area (Å²) in [6, 6.07) is 3.39. The second kappa shape index (κ2) is 5.54. The van der Waals surface area contributed by atoms with Crippen LogP contribution in [0.15, 0.2) is 24.4 Å². The Bertz CT molecular complexity index is 530. The number of hydrogen-bond acceptors (Lipinski definition) is 4. The maximum atomic E-state index is 12.9. The second-order valence-electron chi connectivity index (χ2n) is 3.60.